The van der Waals surface area contributed by atoms with Gasteiger partial charge in [0.25, 0.3) is 0 Å². The minimum Gasteiger partial charge on any atom is -0.380 e. The minimum atomic E-state index is -0.995. The summed E-state index contributed by atoms with van der Waals surface area (Å²) < 4.78 is 0.714. The molecule has 0 bridgehead atoms. The summed E-state index contributed by atoms with van der Waals surface area (Å²) in [5, 5.41) is 10.6. The summed E-state index contributed by atoms with van der Waals surface area (Å²) in [5.74, 6) is 0. The van der Waals surface area contributed by atoms with E-state index >= 15 is 0 Å². The molecule has 2 nitrogen and oxygen atoms in total. The van der Waals surface area contributed by atoms with Crippen LogP contribution in [0.25, 0.3) is 0 Å². The molecule has 1 aromatic heterocycles. The summed E-state index contributed by atoms with van der Waals surface area (Å²) >= 11 is 4.82. The Morgan fingerprint density at radius 3 is 2.62 bits per heavy atom. The van der Waals surface area contributed by atoms with Gasteiger partial charge in [0.2, 0.25) is 0 Å². The third kappa shape index (κ3) is 1.93. The van der Waals surface area contributed by atoms with Gasteiger partial charge in [0.05, 0.1) is 10.4 Å². The highest BCUT2D eigenvalue weighted by molar-refractivity contribution is 9.10. The molecule has 0 aliphatic heterocycles. The van der Waals surface area contributed by atoms with E-state index in [9.17, 15) is 5.11 Å². The standard InChI is InChI=1S/C12H12BrNOS/c1-8-5-3-4-6-9(8)12(2,15)10-11(13)14-7-16-10/h3-7,15H,1-2H3. The number of aliphatic hydroxyl groups is 1. The molecule has 84 valence electrons. The van der Waals surface area contributed by atoms with Gasteiger partial charge in [0.1, 0.15) is 10.2 Å². The van der Waals surface area contributed by atoms with Crippen molar-refractivity contribution in [3.8, 4) is 0 Å². The number of benzene rings is 1. The van der Waals surface area contributed by atoms with Gasteiger partial charge in [-0.3, -0.25) is 0 Å². The van der Waals surface area contributed by atoms with Crippen molar-refractivity contribution in [1.82, 2.24) is 4.98 Å². The fourth-order valence-corrected chi connectivity index (χ4v) is 3.45. The first-order chi connectivity index (χ1) is 7.53. The van der Waals surface area contributed by atoms with Crippen molar-refractivity contribution >= 4 is 27.3 Å². The second-order valence-electron chi connectivity index (χ2n) is 3.86. The van der Waals surface area contributed by atoms with Crippen LogP contribution < -0.4 is 0 Å². The van der Waals surface area contributed by atoms with Crippen molar-refractivity contribution in [2.24, 2.45) is 0 Å². The van der Waals surface area contributed by atoms with E-state index in [0.717, 1.165) is 16.0 Å². The lowest BCUT2D eigenvalue weighted by Gasteiger charge is -2.24. The normalized spacial score (nSPS) is 14.8. The average molecular weight is 298 g/mol. The Morgan fingerprint density at radius 2 is 2.06 bits per heavy atom. The quantitative estimate of drug-likeness (QED) is 0.921. The molecule has 1 N–H and O–H groups in total. The first-order valence-electron chi connectivity index (χ1n) is 4.91. The molecule has 1 unspecified atom stereocenters. The van der Waals surface area contributed by atoms with Crippen molar-refractivity contribution in [1.29, 1.82) is 0 Å². The number of halogens is 1. The van der Waals surface area contributed by atoms with Gasteiger partial charge in [0.15, 0.2) is 0 Å². The molecule has 4 heteroatoms. The maximum Gasteiger partial charge on any atom is 0.124 e. The molecule has 1 atom stereocenters. The third-order valence-electron chi connectivity index (χ3n) is 2.64. The molecule has 0 radical (unpaired) electrons. The second kappa shape index (κ2) is 4.28. The molecule has 0 aliphatic rings. The second-order valence-corrected chi connectivity index (χ2v) is 5.47. The molecule has 0 amide bonds. The van der Waals surface area contributed by atoms with Crippen LogP contribution in [-0.4, -0.2) is 10.1 Å². The Hall–Kier alpha value is -0.710. The highest BCUT2D eigenvalue weighted by atomic mass is 79.9. The van der Waals surface area contributed by atoms with Gasteiger partial charge in [0, 0.05) is 0 Å². The average Bonchev–Trinajstić information content (AvgIpc) is 2.65. The molecule has 1 aromatic carbocycles. The SMILES string of the molecule is Cc1ccccc1C(C)(O)c1scnc1Br. The summed E-state index contributed by atoms with van der Waals surface area (Å²) in [5.41, 5.74) is 2.73. The lowest BCUT2D eigenvalue weighted by Crippen LogP contribution is -2.23. The van der Waals surface area contributed by atoms with E-state index < -0.39 is 5.60 Å². The number of aryl methyl sites for hydroxylation is 1. The molecule has 2 aromatic rings. The number of nitrogens with zero attached hydrogens (tertiary/aromatic N) is 1. The molecular formula is C12H12BrNOS. The van der Waals surface area contributed by atoms with E-state index in [1.54, 1.807) is 12.4 Å². The van der Waals surface area contributed by atoms with E-state index in [0.29, 0.717) is 4.60 Å². The number of hydrogen-bond donors (Lipinski definition) is 1. The van der Waals surface area contributed by atoms with Crippen molar-refractivity contribution in [2.45, 2.75) is 19.4 Å². The van der Waals surface area contributed by atoms with E-state index in [1.165, 1.54) is 11.3 Å². The minimum absolute atomic E-state index is 0.714. The Bertz CT molecular complexity index is 507. The van der Waals surface area contributed by atoms with Gasteiger partial charge in [-0.25, -0.2) is 4.98 Å². The number of hydrogen-bond acceptors (Lipinski definition) is 3. The van der Waals surface area contributed by atoms with E-state index in [2.05, 4.69) is 20.9 Å². The number of aromatic nitrogens is 1. The van der Waals surface area contributed by atoms with Crippen LogP contribution in [0.4, 0.5) is 0 Å². The maximum absolute atomic E-state index is 10.6. The first-order valence-corrected chi connectivity index (χ1v) is 6.58. The Labute approximate surface area is 107 Å². The van der Waals surface area contributed by atoms with Gasteiger partial charge >= 0.3 is 0 Å². The summed E-state index contributed by atoms with van der Waals surface area (Å²) in [6, 6.07) is 7.85. The molecule has 0 fully saturated rings. The van der Waals surface area contributed by atoms with Crippen molar-refractivity contribution < 1.29 is 5.11 Å². The van der Waals surface area contributed by atoms with Crippen LogP contribution in [-0.2, 0) is 5.60 Å². The molecule has 0 saturated carbocycles. The smallest absolute Gasteiger partial charge is 0.124 e. The molecule has 0 saturated heterocycles. The molecule has 0 spiro atoms. The van der Waals surface area contributed by atoms with Gasteiger partial charge in [-0.1, -0.05) is 24.3 Å². The topological polar surface area (TPSA) is 33.1 Å². The molecular weight excluding hydrogens is 286 g/mol. The molecule has 16 heavy (non-hydrogen) atoms. The fourth-order valence-electron chi connectivity index (χ4n) is 1.79. The molecule has 1 heterocycles. The van der Waals surface area contributed by atoms with Crippen LogP contribution in [0.3, 0.4) is 0 Å². The maximum atomic E-state index is 10.6. The largest absolute Gasteiger partial charge is 0.380 e. The van der Waals surface area contributed by atoms with Crippen LogP contribution in [0.5, 0.6) is 0 Å². The molecule has 2 rings (SSSR count). The fraction of sp³-hybridized carbons (Fsp3) is 0.250. The lowest BCUT2D eigenvalue weighted by molar-refractivity contribution is 0.104. The van der Waals surface area contributed by atoms with Gasteiger partial charge < -0.3 is 5.11 Å². The summed E-state index contributed by atoms with van der Waals surface area (Å²) in [4.78, 5) is 4.95. The van der Waals surface area contributed by atoms with E-state index in [-0.39, 0.29) is 0 Å². The van der Waals surface area contributed by atoms with E-state index in [1.807, 2.05) is 31.2 Å². The van der Waals surface area contributed by atoms with Gasteiger partial charge in [-0.15, -0.1) is 11.3 Å². The highest BCUT2D eigenvalue weighted by Gasteiger charge is 2.31. The van der Waals surface area contributed by atoms with Crippen molar-refractivity contribution in [2.75, 3.05) is 0 Å². The summed E-state index contributed by atoms with van der Waals surface area (Å²) in [6.45, 7) is 3.80. The monoisotopic (exact) mass is 297 g/mol. The van der Waals surface area contributed by atoms with Crippen LogP contribution in [0.1, 0.15) is 22.9 Å². The van der Waals surface area contributed by atoms with Crippen LogP contribution in [0.2, 0.25) is 0 Å². The lowest BCUT2D eigenvalue weighted by atomic mass is 9.91. The Kier molecular flexibility index (Phi) is 3.15. The molecule has 0 aliphatic carbocycles. The van der Waals surface area contributed by atoms with Crippen LogP contribution >= 0.6 is 27.3 Å². The highest BCUT2D eigenvalue weighted by Crippen LogP contribution is 2.37. The Balaban J connectivity index is 2.55. The zero-order valence-electron chi connectivity index (χ0n) is 9.07. The van der Waals surface area contributed by atoms with Crippen LogP contribution in [0.15, 0.2) is 34.4 Å². The predicted molar refractivity (Wildman–Crippen MR) is 69.7 cm³/mol. The first kappa shape index (κ1) is 11.8. The predicted octanol–water partition coefficient (Wildman–Crippen LogP) is 3.47. The van der Waals surface area contributed by atoms with Crippen LogP contribution in [0, 0.1) is 6.92 Å². The van der Waals surface area contributed by atoms with Gasteiger partial charge in [-0.05, 0) is 40.9 Å². The third-order valence-corrected chi connectivity index (χ3v) is 4.54. The van der Waals surface area contributed by atoms with Gasteiger partial charge in [-0.2, -0.15) is 0 Å². The zero-order chi connectivity index (χ0) is 11.8. The number of rotatable bonds is 2. The summed E-state index contributed by atoms with van der Waals surface area (Å²) in [7, 11) is 0. The van der Waals surface area contributed by atoms with Crippen molar-refractivity contribution in [3.05, 3.63) is 50.4 Å². The van der Waals surface area contributed by atoms with Crippen molar-refractivity contribution in [3.63, 3.8) is 0 Å². The van der Waals surface area contributed by atoms with E-state index in [4.69, 9.17) is 0 Å². The Morgan fingerprint density at radius 1 is 1.38 bits per heavy atom. The number of thiazole rings is 1. The zero-order valence-corrected chi connectivity index (χ0v) is 11.5. The summed E-state index contributed by atoms with van der Waals surface area (Å²) in [6.07, 6.45) is 0.